The molecule has 1 atom stereocenters. The Morgan fingerprint density at radius 1 is 1.08 bits per heavy atom. The summed E-state index contributed by atoms with van der Waals surface area (Å²) in [5.41, 5.74) is -0.588. The molecule has 25 heavy (non-hydrogen) atoms. The lowest BCUT2D eigenvalue weighted by atomic mass is 9.89. The Hall–Kier alpha value is -1.79. The van der Waals surface area contributed by atoms with Crippen molar-refractivity contribution in [2.45, 2.75) is 77.9 Å². The van der Waals surface area contributed by atoms with Crippen LogP contribution in [0.15, 0.2) is 0 Å². The second-order valence-electron chi connectivity index (χ2n) is 7.56. The van der Waals surface area contributed by atoms with Crippen LogP contribution in [-0.4, -0.2) is 42.8 Å². The Bertz CT molecular complexity index is 453. The minimum Gasteiger partial charge on any atom is -0.452 e. The van der Waals surface area contributed by atoms with Gasteiger partial charge in [0.1, 0.15) is 5.60 Å². The number of alkyl carbamates (subject to hydrolysis) is 1. The quantitative estimate of drug-likeness (QED) is 0.684. The molecule has 2 amide bonds. The molecular weight excluding hydrogens is 324 g/mol. The van der Waals surface area contributed by atoms with Crippen LogP contribution in [0, 0.1) is 5.92 Å². The lowest BCUT2D eigenvalue weighted by molar-refractivity contribution is -0.154. The molecule has 7 nitrogen and oxygen atoms in total. The zero-order chi connectivity index (χ0) is 18.9. The number of esters is 1. The van der Waals surface area contributed by atoms with Crippen molar-refractivity contribution in [3.63, 3.8) is 0 Å². The molecule has 144 valence electrons. The first-order valence-electron chi connectivity index (χ1n) is 9.11. The first-order chi connectivity index (χ1) is 11.7. The number of carbonyl (C=O) groups excluding carboxylic acids is 3. The molecule has 0 aromatic heterocycles. The van der Waals surface area contributed by atoms with Gasteiger partial charge in [-0.05, 0) is 46.5 Å². The Kier molecular flexibility index (Phi) is 8.72. The molecule has 0 aromatic carbocycles. The van der Waals surface area contributed by atoms with E-state index in [-0.39, 0.29) is 18.9 Å². The Morgan fingerprint density at radius 3 is 2.32 bits per heavy atom. The van der Waals surface area contributed by atoms with Gasteiger partial charge in [0.25, 0.3) is 5.91 Å². The third-order valence-electron chi connectivity index (χ3n) is 3.96. The molecule has 1 rings (SSSR count). The van der Waals surface area contributed by atoms with Crippen LogP contribution in [0.3, 0.4) is 0 Å². The average Bonchev–Trinajstić information content (AvgIpc) is 2.51. The van der Waals surface area contributed by atoms with Crippen molar-refractivity contribution in [2.75, 3.05) is 13.1 Å². The van der Waals surface area contributed by atoms with E-state index < -0.39 is 23.8 Å². The molecule has 1 aliphatic rings. The van der Waals surface area contributed by atoms with Crippen molar-refractivity contribution in [3.8, 4) is 0 Å². The first-order valence-corrected chi connectivity index (χ1v) is 9.11. The first kappa shape index (κ1) is 21.3. The van der Waals surface area contributed by atoms with Gasteiger partial charge in [-0.1, -0.05) is 19.3 Å². The largest absolute Gasteiger partial charge is 0.452 e. The van der Waals surface area contributed by atoms with Crippen molar-refractivity contribution in [3.05, 3.63) is 0 Å². The Balaban J connectivity index is 2.17. The molecule has 0 aromatic rings. The highest BCUT2D eigenvalue weighted by Crippen LogP contribution is 2.22. The molecule has 1 fully saturated rings. The smallest absolute Gasteiger partial charge is 0.407 e. The minimum atomic E-state index is -0.836. The molecule has 0 saturated heterocycles. The van der Waals surface area contributed by atoms with Gasteiger partial charge in [0.2, 0.25) is 0 Å². The van der Waals surface area contributed by atoms with E-state index in [0.29, 0.717) is 12.5 Å². The maximum atomic E-state index is 12.0. The van der Waals surface area contributed by atoms with E-state index in [1.807, 2.05) is 0 Å². The fourth-order valence-corrected chi connectivity index (χ4v) is 2.67. The molecule has 0 bridgehead atoms. The number of hydrogen-bond donors (Lipinski definition) is 2. The topological polar surface area (TPSA) is 93.7 Å². The van der Waals surface area contributed by atoms with Crippen LogP contribution in [0.5, 0.6) is 0 Å². The molecule has 2 N–H and O–H groups in total. The van der Waals surface area contributed by atoms with Crippen molar-refractivity contribution in [1.82, 2.24) is 10.6 Å². The summed E-state index contributed by atoms with van der Waals surface area (Å²) in [4.78, 5) is 35.2. The number of hydrogen-bond acceptors (Lipinski definition) is 5. The number of ether oxygens (including phenoxy) is 2. The van der Waals surface area contributed by atoms with Crippen LogP contribution < -0.4 is 10.6 Å². The van der Waals surface area contributed by atoms with Crippen molar-refractivity contribution in [2.24, 2.45) is 5.92 Å². The molecule has 0 radical (unpaired) electrons. The fraction of sp³-hybridized carbons (Fsp3) is 0.833. The summed E-state index contributed by atoms with van der Waals surface area (Å²) >= 11 is 0. The zero-order valence-corrected chi connectivity index (χ0v) is 15.9. The van der Waals surface area contributed by atoms with Crippen LogP contribution >= 0.6 is 0 Å². The van der Waals surface area contributed by atoms with E-state index in [1.165, 1.54) is 19.3 Å². The van der Waals surface area contributed by atoms with Gasteiger partial charge in [-0.3, -0.25) is 9.59 Å². The van der Waals surface area contributed by atoms with Crippen LogP contribution in [0.4, 0.5) is 4.79 Å². The maximum Gasteiger partial charge on any atom is 0.407 e. The predicted octanol–water partition coefficient (Wildman–Crippen LogP) is 2.53. The molecule has 7 heteroatoms. The summed E-state index contributed by atoms with van der Waals surface area (Å²) in [6.07, 6.45) is 4.56. The van der Waals surface area contributed by atoms with E-state index >= 15 is 0 Å². The van der Waals surface area contributed by atoms with Gasteiger partial charge in [0.15, 0.2) is 6.10 Å². The molecular formula is C18H32N2O5. The predicted molar refractivity (Wildman–Crippen MR) is 94.0 cm³/mol. The third-order valence-corrected chi connectivity index (χ3v) is 3.96. The van der Waals surface area contributed by atoms with Crippen LogP contribution in [-0.2, 0) is 19.1 Å². The van der Waals surface area contributed by atoms with Gasteiger partial charge in [-0.15, -0.1) is 0 Å². The number of rotatable bonds is 7. The average molecular weight is 356 g/mol. The SMILES string of the molecule is CC(OC(=O)CCNC(=O)OC(C)(C)C)C(=O)NCC1CCCCC1. The standard InChI is InChI=1S/C18H32N2O5/c1-13(16(22)20-12-14-8-6-5-7-9-14)24-15(21)10-11-19-17(23)25-18(2,3)4/h13-14H,5-12H2,1-4H3,(H,19,23)(H,20,22). The summed E-state index contributed by atoms with van der Waals surface area (Å²) in [7, 11) is 0. The summed E-state index contributed by atoms with van der Waals surface area (Å²) in [5, 5.41) is 5.33. The third kappa shape index (κ3) is 9.94. The molecule has 1 unspecified atom stereocenters. The van der Waals surface area contributed by atoms with Crippen LogP contribution in [0.2, 0.25) is 0 Å². The summed E-state index contributed by atoms with van der Waals surface area (Å²) in [6.45, 7) is 7.57. The summed E-state index contributed by atoms with van der Waals surface area (Å²) in [6, 6.07) is 0. The van der Waals surface area contributed by atoms with Crippen molar-refractivity contribution < 1.29 is 23.9 Å². The zero-order valence-electron chi connectivity index (χ0n) is 15.9. The van der Waals surface area contributed by atoms with Crippen molar-refractivity contribution in [1.29, 1.82) is 0 Å². The van der Waals surface area contributed by atoms with Gasteiger partial charge < -0.3 is 20.1 Å². The highest BCUT2D eigenvalue weighted by atomic mass is 16.6. The molecule has 1 aliphatic carbocycles. The van der Waals surface area contributed by atoms with Gasteiger partial charge in [0.05, 0.1) is 6.42 Å². The highest BCUT2D eigenvalue weighted by molar-refractivity contribution is 5.83. The van der Waals surface area contributed by atoms with Gasteiger partial charge >= 0.3 is 12.1 Å². The molecule has 1 saturated carbocycles. The van der Waals surface area contributed by atoms with E-state index in [2.05, 4.69) is 10.6 Å². The second-order valence-corrected chi connectivity index (χ2v) is 7.56. The fourth-order valence-electron chi connectivity index (χ4n) is 2.67. The summed E-state index contributed by atoms with van der Waals surface area (Å²) in [5.74, 6) is -0.283. The van der Waals surface area contributed by atoms with Gasteiger partial charge in [-0.25, -0.2) is 4.79 Å². The van der Waals surface area contributed by atoms with E-state index in [4.69, 9.17) is 9.47 Å². The Labute approximate surface area is 150 Å². The molecule has 0 spiro atoms. The normalized spacial score (nSPS) is 16.6. The molecule has 0 heterocycles. The highest BCUT2D eigenvalue weighted by Gasteiger charge is 2.20. The summed E-state index contributed by atoms with van der Waals surface area (Å²) < 4.78 is 10.2. The van der Waals surface area contributed by atoms with E-state index in [0.717, 1.165) is 12.8 Å². The minimum absolute atomic E-state index is 0.0144. The maximum absolute atomic E-state index is 12.0. The van der Waals surface area contributed by atoms with Crippen LogP contribution in [0.25, 0.3) is 0 Å². The number of amides is 2. The second kappa shape index (κ2) is 10.3. The number of carbonyl (C=O) groups is 3. The lowest BCUT2D eigenvalue weighted by Gasteiger charge is -2.22. The van der Waals surface area contributed by atoms with Crippen LogP contribution in [0.1, 0.15) is 66.2 Å². The Morgan fingerprint density at radius 2 is 1.72 bits per heavy atom. The van der Waals surface area contributed by atoms with Crippen molar-refractivity contribution >= 4 is 18.0 Å². The van der Waals surface area contributed by atoms with Gasteiger partial charge in [0, 0.05) is 13.1 Å². The lowest BCUT2D eigenvalue weighted by Crippen LogP contribution is -2.39. The van der Waals surface area contributed by atoms with E-state index in [1.54, 1.807) is 27.7 Å². The molecule has 0 aliphatic heterocycles. The van der Waals surface area contributed by atoms with Gasteiger partial charge in [-0.2, -0.15) is 0 Å². The monoisotopic (exact) mass is 356 g/mol. The van der Waals surface area contributed by atoms with E-state index in [9.17, 15) is 14.4 Å². The number of nitrogens with one attached hydrogen (secondary N) is 2.